The number of nitrogens with zero attached hydrogens (tertiary/aromatic N) is 3. The van der Waals surface area contributed by atoms with Crippen LogP contribution in [0.2, 0.25) is 0 Å². The van der Waals surface area contributed by atoms with Crippen molar-refractivity contribution in [1.29, 1.82) is 0 Å². The van der Waals surface area contributed by atoms with Crippen molar-refractivity contribution in [3.8, 4) is 22.8 Å². The first kappa shape index (κ1) is 34.2. The molecule has 57 heavy (non-hydrogen) atoms. The van der Waals surface area contributed by atoms with Gasteiger partial charge in [0.05, 0.1) is 0 Å². The maximum absolute atomic E-state index is 6.57. The van der Waals surface area contributed by atoms with Crippen LogP contribution in [0.3, 0.4) is 0 Å². The lowest BCUT2D eigenvalue weighted by Gasteiger charge is -2.14. The molecule has 4 aromatic heterocycles. The van der Waals surface area contributed by atoms with Crippen molar-refractivity contribution >= 4 is 67.7 Å². The van der Waals surface area contributed by atoms with E-state index in [1.807, 2.05) is 104 Å². The summed E-state index contributed by atoms with van der Waals surface area (Å²) in [6.07, 6.45) is 20.2. The molecule has 0 bridgehead atoms. The van der Waals surface area contributed by atoms with Gasteiger partial charge in [-0.05, 0) is 67.8 Å². The van der Waals surface area contributed by atoms with E-state index >= 15 is 0 Å². The van der Waals surface area contributed by atoms with E-state index in [-0.39, 0.29) is 0 Å². The molecular weight excluding hydrogens is 703 g/mol. The molecule has 1 aliphatic carbocycles. The van der Waals surface area contributed by atoms with Crippen molar-refractivity contribution in [1.82, 2.24) is 15.0 Å². The highest BCUT2D eigenvalue weighted by Crippen LogP contribution is 2.41. The lowest BCUT2D eigenvalue weighted by Crippen LogP contribution is -2.06. The summed E-state index contributed by atoms with van der Waals surface area (Å²) in [5, 5.41) is 4.17. The second kappa shape index (κ2) is 14.4. The number of aryl methyl sites for hydroxylation is 2. The Hall–Kier alpha value is -7.31. The van der Waals surface area contributed by atoms with Gasteiger partial charge in [0, 0.05) is 55.8 Å². The van der Waals surface area contributed by atoms with Gasteiger partial charge in [0.25, 0.3) is 0 Å². The minimum absolute atomic E-state index is 0.595. The third-order valence-corrected chi connectivity index (χ3v) is 10.6. The first-order chi connectivity index (χ1) is 28.1. The minimum Gasteiger partial charge on any atom is -0.460 e. The number of aromatic nitrogens is 3. The molecule has 0 unspecified atom stereocenters. The maximum Gasteiger partial charge on any atom is 0.164 e. The first-order valence-corrected chi connectivity index (χ1v) is 19.3. The quantitative estimate of drug-likeness (QED) is 0.144. The number of allylic oxidation sites excluding steroid dienone is 6. The molecule has 10 rings (SSSR count). The number of furan rings is 3. The van der Waals surface area contributed by atoms with Crippen LogP contribution in [0, 0.1) is 6.92 Å². The second-order valence-corrected chi connectivity index (χ2v) is 14.2. The van der Waals surface area contributed by atoms with Crippen LogP contribution in [0.1, 0.15) is 52.9 Å². The van der Waals surface area contributed by atoms with Crippen LogP contribution in [0.4, 0.5) is 0 Å². The van der Waals surface area contributed by atoms with Crippen molar-refractivity contribution in [2.75, 3.05) is 0 Å². The van der Waals surface area contributed by atoms with Gasteiger partial charge < -0.3 is 13.3 Å². The summed E-state index contributed by atoms with van der Waals surface area (Å²) < 4.78 is 19.1. The van der Waals surface area contributed by atoms with E-state index in [9.17, 15) is 0 Å². The number of rotatable bonds is 8. The molecule has 0 aliphatic heterocycles. The minimum atomic E-state index is 0.595. The number of hydrogen-bond acceptors (Lipinski definition) is 6. The highest BCUT2D eigenvalue weighted by Gasteiger charge is 2.26. The average molecular weight is 740 g/mol. The fourth-order valence-electron chi connectivity index (χ4n) is 7.80. The summed E-state index contributed by atoms with van der Waals surface area (Å²) in [4.78, 5) is 15.4. The first-order valence-electron chi connectivity index (χ1n) is 19.3. The summed E-state index contributed by atoms with van der Waals surface area (Å²) in [6.45, 7) is 4.11. The molecular formula is C51H37N3O3. The van der Waals surface area contributed by atoms with Gasteiger partial charge in [-0.25, -0.2) is 15.0 Å². The van der Waals surface area contributed by atoms with E-state index in [0.29, 0.717) is 17.5 Å². The van der Waals surface area contributed by atoms with E-state index in [1.165, 1.54) is 0 Å². The third-order valence-electron chi connectivity index (χ3n) is 10.6. The Labute approximate surface area is 329 Å². The maximum atomic E-state index is 6.57. The highest BCUT2D eigenvalue weighted by atomic mass is 16.3. The van der Waals surface area contributed by atoms with Crippen molar-refractivity contribution in [2.24, 2.45) is 0 Å². The predicted molar refractivity (Wildman–Crippen MR) is 232 cm³/mol. The molecule has 0 atom stereocenters. The van der Waals surface area contributed by atoms with Gasteiger partial charge in [-0.2, -0.15) is 0 Å². The van der Waals surface area contributed by atoms with Crippen LogP contribution < -0.4 is 0 Å². The molecule has 0 spiro atoms. The van der Waals surface area contributed by atoms with E-state index < -0.39 is 0 Å². The van der Waals surface area contributed by atoms with Gasteiger partial charge in [0.15, 0.2) is 17.5 Å². The molecule has 0 saturated heterocycles. The normalized spacial score (nSPS) is 13.5. The highest BCUT2D eigenvalue weighted by molar-refractivity contribution is 6.11. The zero-order chi connectivity index (χ0) is 38.3. The Balaban J connectivity index is 0.988. The Kier molecular flexibility index (Phi) is 8.64. The Bertz CT molecular complexity index is 3150. The molecule has 0 saturated carbocycles. The van der Waals surface area contributed by atoms with Crippen LogP contribution >= 0.6 is 0 Å². The van der Waals surface area contributed by atoms with E-state index in [0.717, 1.165) is 107 Å². The van der Waals surface area contributed by atoms with Crippen LogP contribution in [0.25, 0.3) is 90.5 Å². The number of hydrogen-bond donors (Lipinski definition) is 0. The Morgan fingerprint density at radius 1 is 0.561 bits per heavy atom. The summed E-state index contributed by atoms with van der Waals surface area (Å²) in [7, 11) is 0. The molecule has 6 nitrogen and oxygen atoms in total. The molecule has 0 amide bonds. The molecule has 9 aromatic rings. The lowest BCUT2D eigenvalue weighted by atomic mass is 9.93. The third kappa shape index (κ3) is 6.31. The van der Waals surface area contributed by atoms with Gasteiger partial charge in [-0.3, -0.25) is 0 Å². The molecule has 5 aromatic carbocycles. The number of benzene rings is 5. The molecule has 0 N–H and O–H groups in total. The van der Waals surface area contributed by atoms with Crippen LogP contribution in [-0.2, 0) is 6.42 Å². The monoisotopic (exact) mass is 739 g/mol. The zero-order valence-electron chi connectivity index (χ0n) is 31.6. The fourth-order valence-corrected chi connectivity index (χ4v) is 7.80. The van der Waals surface area contributed by atoms with Crippen LogP contribution in [0.15, 0.2) is 159 Å². The van der Waals surface area contributed by atoms with Crippen molar-refractivity contribution in [3.05, 3.63) is 185 Å². The van der Waals surface area contributed by atoms with Crippen molar-refractivity contribution in [2.45, 2.75) is 26.7 Å². The Morgan fingerprint density at radius 2 is 1.26 bits per heavy atom. The molecule has 1 aliphatic rings. The Morgan fingerprint density at radius 3 is 2.11 bits per heavy atom. The summed E-state index contributed by atoms with van der Waals surface area (Å²) in [5.41, 5.74) is 10.4. The SMILES string of the molecule is C/C=C\C=C/c1ccc2c(C)c(/C=C\C=C\c3ccc4c5c(oc4c3)CCC=C5c3nc(-c4ccccc4)nc(-c4cccc5oc6ccccc6c45)n3)oc2c1. The van der Waals surface area contributed by atoms with Crippen molar-refractivity contribution in [3.63, 3.8) is 0 Å². The van der Waals surface area contributed by atoms with Gasteiger partial charge >= 0.3 is 0 Å². The van der Waals surface area contributed by atoms with E-state index in [1.54, 1.807) is 0 Å². The smallest absolute Gasteiger partial charge is 0.164 e. The number of para-hydroxylation sites is 1. The van der Waals surface area contributed by atoms with Gasteiger partial charge in [0.1, 0.15) is 33.9 Å². The van der Waals surface area contributed by atoms with Gasteiger partial charge in [-0.1, -0.05) is 127 Å². The van der Waals surface area contributed by atoms with Crippen molar-refractivity contribution < 1.29 is 13.3 Å². The van der Waals surface area contributed by atoms with Gasteiger partial charge in [-0.15, -0.1) is 0 Å². The topological polar surface area (TPSA) is 78.1 Å². The second-order valence-electron chi connectivity index (χ2n) is 14.2. The summed E-state index contributed by atoms with van der Waals surface area (Å²) in [5.74, 6) is 3.61. The average Bonchev–Trinajstić information content (AvgIpc) is 3.92. The van der Waals surface area contributed by atoms with Crippen LogP contribution in [-0.4, -0.2) is 15.0 Å². The van der Waals surface area contributed by atoms with E-state index in [4.69, 9.17) is 28.2 Å². The summed E-state index contributed by atoms with van der Waals surface area (Å²) >= 11 is 0. The lowest BCUT2D eigenvalue weighted by molar-refractivity contribution is 0.545. The predicted octanol–water partition coefficient (Wildman–Crippen LogP) is 13.6. The van der Waals surface area contributed by atoms with E-state index in [2.05, 4.69) is 73.7 Å². The number of fused-ring (bicyclic) bond motifs is 7. The largest absolute Gasteiger partial charge is 0.460 e. The van der Waals surface area contributed by atoms with Gasteiger partial charge in [0.2, 0.25) is 0 Å². The summed E-state index contributed by atoms with van der Waals surface area (Å²) in [6, 6.07) is 36.9. The molecule has 6 heteroatoms. The molecule has 4 heterocycles. The molecule has 0 radical (unpaired) electrons. The molecule has 0 fully saturated rings. The van der Waals surface area contributed by atoms with Crippen LogP contribution in [0.5, 0.6) is 0 Å². The zero-order valence-corrected chi connectivity index (χ0v) is 31.6. The standard InChI is InChI=1S/C51H37N3O3/c1-3-4-6-15-33-26-28-36-32(2)41(55-45(36)30-33)22-11-9-16-34-27-29-38-46(31-34)57-44-25-14-21-40(48(38)44)51-53-49(35-17-7-5-8-18-35)52-50(54-51)39-20-13-24-43-47(39)37-19-10-12-23-42(37)56-43/h3-13,15-24,26-31H,14,25H2,1-2H3/b4-3-,15-6-,16-9+,22-11-. The molecule has 274 valence electrons. The fraction of sp³-hybridized carbons (Fsp3) is 0.0784.